The van der Waals surface area contributed by atoms with E-state index in [9.17, 15) is 9.59 Å². The summed E-state index contributed by atoms with van der Waals surface area (Å²) in [4.78, 5) is 32.1. The van der Waals surface area contributed by atoms with E-state index < -0.39 is 0 Å². The first-order valence-electron chi connectivity index (χ1n) is 10.7. The fourth-order valence-electron chi connectivity index (χ4n) is 3.96. The van der Waals surface area contributed by atoms with E-state index in [1.807, 2.05) is 36.1 Å². The van der Waals surface area contributed by atoms with Gasteiger partial charge in [0.05, 0.1) is 23.9 Å². The van der Waals surface area contributed by atoms with Crippen molar-refractivity contribution in [3.05, 3.63) is 65.4 Å². The molecule has 31 heavy (non-hydrogen) atoms. The third kappa shape index (κ3) is 4.68. The molecule has 0 atom stereocenters. The van der Waals surface area contributed by atoms with Crippen LogP contribution in [-0.4, -0.2) is 41.9 Å². The number of carbonyl (C=O) groups excluding carboxylic acids is 2. The summed E-state index contributed by atoms with van der Waals surface area (Å²) >= 11 is 0. The lowest BCUT2D eigenvalue weighted by molar-refractivity contribution is 0.0761. The van der Waals surface area contributed by atoms with E-state index in [2.05, 4.69) is 10.3 Å². The van der Waals surface area contributed by atoms with Crippen molar-refractivity contribution in [1.29, 1.82) is 0 Å². The summed E-state index contributed by atoms with van der Waals surface area (Å²) in [5.74, 6) is 0.541. The topological polar surface area (TPSA) is 71.5 Å². The van der Waals surface area contributed by atoms with Gasteiger partial charge in [0.2, 0.25) is 0 Å². The number of aryl methyl sites for hydroxylation is 1. The molecule has 0 aliphatic carbocycles. The second kappa shape index (κ2) is 9.16. The van der Waals surface area contributed by atoms with Crippen LogP contribution >= 0.6 is 0 Å². The first-order valence-corrected chi connectivity index (χ1v) is 10.7. The number of benzene rings is 2. The third-order valence-electron chi connectivity index (χ3n) is 5.74. The number of rotatable bonds is 4. The molecule has 1 aliphatic heterocycles. The number of aromatic nitrogens is 1. The van der Waals surface area contributed by atoms with Crippen LogP contribution in [0.2, 0.25) is 0 Å². The number of carbonyl (C=O) groups is 2. The Bertz CT molecular complexity index is 1100. The van der Waals surface area contributed by atoms with Crippen molar-refractivity contribution in [3.8, 4) is 5.75 Å². The Hall–Kier alpha value is -3.41. The molecule has 1 aromatic heterocycles. The first-order chi connectivity index (χ1) is 15.0. The van der Waals surface area contributed by atoms with Crippen molar-refractivity contribution < 1.29 is 14.3 Å². The van der Waals surface area contributed by atoms with Gasteiger partial charge in [-0.05, 0) is 68.3 Å². The molecule has 160 valence electrons. The van der Waals surface area contributed by atoms with Crippen LogP contribution < -0.4 is 10.1 Å². The Balaban J connectivity index is 1.49. The van der Waals surface area contributed by atoms with Gasteiger partial charge in [0.25, 0.3) is 11.8 Å². The van der Waals surface area contributed by atoms with Gasteiger partial charge in [0.1, 0.15) is 5.75 Å². The second-order valence-electron chi connectivity index (χ2n) is 7.92. The lowest BCUT2D eigenvalue weighted by Gasteiger charge is -2.20. The average molecular weight is 418 g/mol. The van der Waals surface area contributed by atoms with Crippen LogP contribution in [0.25, 0.3) is 10.9 Å². The highest BCUT2D eigenvalue weighted by atomic mass is 16.5. The molecule has 1 N–H and O–H groups in total. The number of nitrogens with one attached hydrogen (secondary N) is 1. The van der Waals surface area contributed by atoms with E-state index in [0.29, 0.717) is 28.3 Å². The number of pyridine rings is 1. The van der Waals surface area contributed by atoms with Crippen LogP contribution in [0, 0.1) is 6.92 Å². The maximum absolute atomic E-state index is 12.9. The molecule has 0 saturated carbocycles. The molecule has 0 spiro atoms. The zero-order valence-electron chi connectivity index (χ0n) is 18.0. The summed E-state index contributed by atoms with van der Waals surface area (Å²) in [6.07, 6.45) is 4.49. The fourth-order valence-corrected chi connectivity index (χ4v) is 3.96. The molecule has 2 heterocycles. The second-order valence-corrected chi connectivity index (χ2v) is 7.92. The maximum atomic E-state index is 12.9. The molecular formula is C25H27N3O3. The van der Waals surface area contributed by atoms with Crippen molar-refractivity contribution in [2.75, 3.05) is 25.5 Å². The molecule has 2 aromatic carbocycles. The van der Waals surface area contributed by atoms with Crippen molar-refractivity contribution in [3.63, 3.8) is 0 Å². The van der Waals surface area contributed by atoms with Gasteiger partial charge in [0, 0.05) is 29.7 Å². The lowest BCUT2D eigenvalue weighted by Crippen LogP contribution is -2.31. The van der Waals surface area contributed by atoms with E-state index in [1.54, 1.807) is 31.4 Å². The Morgan fingerprint density at radius 3 is 2.35 bits per heavy atom. The van der Waals surface area contributed by atoms with Gasteiger partial charge >= 0.3 is 0 Å². The van der Waals surface area contributed by atoms with Crippen molar-refractivity contribution in [2.45, 2.75) is 32.6 Å². The van der Waals surface area contributed by atoms with Crippen LogP contribution in [0.15, 0.2) is 48.5 Å². The van der Waals surface area contributed by atoms with Gasteiger partial charge in [-0.3, -0.25) is 14.6 Å². The van der Waals surface area contributed by atoms with Crippen molar-refractivity contribution in [2.24, 2.45) is 0 Å². The molecule has 2 amide bonds. The monoisotopic (exact) mass is 417 g/mol. The molecule has 1 aliphatic rings. The predicted molar refractivity (Wildman–Crippen MR) is 122 cm³/mol. The zero-order chi connectivity index (χ0) is 21.8. The molecule has 1 saturated heterocycles. The quantitative estimate of drug-likeness (QED) is 0.661. The van der Waals surface area contributed by atoms with Crippen LogP contribution in [0.3, 0.4) is 0 Å². The fraction of sp³-hybridized carbons (Fsp3) is 0.320. The molecule has 0 bridgehead atoms. The van der Waals surface area contributed by atoms with Crippen LogP contribution in [0.1, 0.15) is 52.1 Å². The minimum atomic E-state index is -0.235. The smallest absolute Gasteiger partial charge is 0.257 e. The SMILES string of the molecule is COc1ccc2nc(C)c(C(=O)Nc3ccc(C(=O)N4CCCCCC4)cc3)cc2c1. The largest absolute Gasteiger partial charge is 0.497 e. The highest BCUT2D eigenvalue weighted by molar-refractivity contribution is 6.07. The molecule has 3 aromatic rings. The standard InChI is InChI=1S/C25H27N3O3/c1-17-22(16-19-15-21(31-2)11-12-23(19)26-17)24(29)27-20-9-7-18(8-10-20)25(30)28-13-5-3-4-6-14-28/h7-12,15-16H,3-6,13-14H2,1-2H3,(H,27,29). The summed E-state index contributed by atoms with van der Waals surface area (Å²) in [5.41, 5.74) is 3.26. The molecule has 6 heteroatoms. The Morgan fingerprint density at radius 2 is 1.68 bits per heavy atom. The Labute approximate surface area is 182 Å². The molecule has 4 rings (SSSR count). The maximum Gasteiger partial charge on any atom is 0.257 e. The molecule has 0 unspecified atom stereocenters. The van der Waals surface area contributed by atoms with Gasteiger partial charge in [0.15, 0.2) is 0 Å². The Kier molecular flexibility index (Phi) is 6.16. The number of nitrogens with zero attached hydrogens (tertiary/aromatic N) is 2. The normalized spacial score (nSPS) is 14.2. The average Bonchev–Trinajstić information content (AvgIpc) is 3.08. The number of methoxy groups -OCH3 is 1. The number of likely N-dealkylation sites (tertiary alicyclic amines) is 1. The van der Waals surface area contributed by atoms with Crippen LogP contribution in [0.5, 0.6) is 5.75 Å². The van der Waals surface area contributed by atoms with Crippen molar-refractivity contribution in [1.82, 2.24) is 9.88 Å². The number of ether oxygens (including phenoxy) is 1. The minimum Gasteiger partial charge on any atom is -0.497 e. The third-order valence-corrected chi connectivity index (χ3v) is 5.74. The summed E-state index contributed by atoms with van der Waals surface area (Å²) in [6.45, 7) is 3.45. The number of anilines is 1. The number of hydrogen-bond acceptors (Lipinski definition) is 4. The van der Waals surface area contributed by atoms with E-state index in [1.165, 1.54) is 12.8 Å². The Morgan fingerprint density at radius 1 is 0.968 bits per heavy atom. The molecule has 1 fully saturated rings. The zero-order valence-corrected chi connectivity index (χ0v) is 18.0. The van der Waals surface area contributed by atoms with Crippen LogP contribution in [-0.2, 0) is 0 Å². The van der Waals surface area contributed by atoms with Gasteiger partial charge in [-0.1, -0.05) is 12.8 Å². The van der Waals surface area contributed by atoms with Gasteiger partial charge in [-0.15, -0.1) is 0 Å². The summed E-state index contributed by atoms with van der Waals surface area (Å²) in [5, 5.41) is 3.75. The number of hydrogen-bond donors (Lipinski definition) is 1. The molecular weight excluding hydrogens is 390 g/mol. The van der Waals surface area contributed by atoms with E-state index in [-0.39, 0.29) is 11.8 Å². The van der Waals surface area contributed by atoms with E-state index in [0.717, 1.165) is 36.8 Å². The number of fused-ring (bicyclic) bond motifs is 1. The summed E-state index contributed by atoms with van der Waals surface area (Å²) in [6, 6.07) is 14.5. The summed E-state index contributed by atoms with van der Waals surface area (Å²) in [7, 11) is 1.61. The number of amides is 2. The van der Waals surface area contributed by atoms with Gasteiger partial charge in [-0.25, -0.2) is 0 Å². The minimum absolute atomic E-state index is 0.0586. The van der Waals surface area contributed by atoms with Gasteiger partial charge < -0.3 is 15.0 Å². The lowest BCUT2D eigenvalue weighted by atomic mass is 10.1. The molecule has 6 nitrogen and oxygen atoms in total. The summed E-state index contributed by atoms with van der Waals surface area (Å²) < 4.78 is 5.27. The van der Waals surface area contributed by atoms with E-state index >= 15 is 0 Å². The highest BCUT2D eigenvalue weighted by Crippen LogP contribution is 2.23. The first kappa shape index (κ1) is 20.8. The molecule has 0 radical (unpaired) electrons. The van der Waals surface area contributed by atoms with Crippen LogP contribution in [0.4, 0.5) is 5.69 Å². The predicted octanol–water partition coefficient (Wildman–Crippen LogP) is 4.82. The van der Waals surface area contributed by atoms with Crippen molar-refractivity contribution >= 4 is 28.4 Å². The van der Waals surface area contributed by atoms with Gasteiger partial charge in [-0.2, -0.15) is 0 Å². The highest BCUT2D eigenvalue weighted by Gasteiger charge is 2.18. The van der Waals surface area contributed by atoms with E-state index in [4.69, 9.17) is 4.74 Å².